The number of carbonyl (C=O) groups is 3. The molecule has 3 amide bonds. The van der Waals surface area contributed by atoms with Gasteiger partial charge in [-0.2, -0.15) is 0 Å². The van der Waals surface area contributed by atoms with Crippen molar-refractivity contribution in [3.8, 4) is 5.75 Å². The molecule has 2 aromatic carbocycles. The third kappa shape index (κ3) is 6.28. The van der Waals surface area contributed by atoms with Gasteiger partial charge >= 0.3 is 0 Å². The Balaban J connectivity index is 2.00. The fraction of sp³-hybridized carbons (Fsp3) is 0.190. The van der Waals surface area contributed by atoms with E-state index >= 15 is 0 Å². The molecule has 0 aromatic heterocycles. The van der Waals surface area contributed by atoms with Gasteiger partial charge < -0.3 is 20.3 Å². The van der Waals surface area contributed by atoms with Crippen LogP contribution in [0.15, 0.2) is 60.7 Å². The molecule has 0 spiro atoms. The fourth-order valence-corrected chi connectivity index (χ4v) is 2.47. The summed E-state index contributed by atoms with van der Waals surface area (Å²) in [5, 5.41) is 5.28. The van der Waals surface area contributed by atoms with E-state index < -0.39 is 5.91 Å². The highest BCUT2D eigenvalue weighted by molar-refractivity contribution is 6.04. The lowest BCUT2D eigenvalue weighted by atomic mass is 10.2. The normalized spacial score (nSPS) is 10.4. The minimum Gasteiger partial charge on any atom is -0.495 e. The van der Waals surface area contributed by atoms with Gasteiger partial charge in [0.2, 0.25) is 17.7 Å². The van der Waals surface area contributed by atoms with Crippen molar-refractivity contribution in [1.82, 2.24) is 4.90 Å². The number of carbonyl (C=O) groups excluding carboxylic acids is 3. The molecular weight excluding hydrogens is 358 g/mol. The SMILES string of the molecule is COc1ccc(NC(C)=O)cc1NC(=O)/C=C/C(=O)N(C)Cc1ccccc1. The number of likely N-dealkylation sites (N-methyl/N-ethyl adjacent to an activating group) is 1. The summed E-state index contributed by atoms with van der Waals surface area (Å²) in [4.78, 5) is 37.1. The molecule has 2 aromatic rings. The lowest BCUT2D eigenvalue weighted by Gasteiger charge is -2.15. The second kappa shape index (κ2) is 9.91. The Labute approximate surface area is 164 Å². The second-order valence-electron chi connectivity index (χ2n) is 6.10. The molecule has 0 radical (unpaired) electrons. The highest BCUT2D eigenvalue weighted by Gasteiger charge is 2.10. The van der Waals surface area contributed by atoms with Crippen LogP contribution >= 0.6 is 0 Å². The largest absolute Gasteiger partial charge is 0.495 e. The van der Waals surface area contributed by atoms with Crippen LogP contribution in [-0.4, -0.2) is 36.8 Å². The summed E-state index contributed by atoms with van der Waals surface area (Å²) in [6.45, 7) is 1.83. The second-order valence-corrected chi connectivity index (χ2v) is 6.10. The summed E-state index contributed by atoms with van der Waals surface area (Å²) in [5.41, 5.74) is 1.90. The van der Waals surface area contributed by atoms with Crippen molar-refractivity contribution in [3.63, 3.8) is 0 Å². The van der Waals surface area contributed by atoms with Crippen LogP contribution in [0.1, 0.15) is 12.5 Å². The molecule has 2 N–H and O–H groups in total. The highest BCUT2D eigenvalue weighted by Crippen LogP contribution is 2.27. The molecule has 2 rings (SSSR count). The lowest BCUT2D eigenvalue weighted by Crippen LogP contribution is -2.24. The Hall–Kier alpha value is -3.61. The predicted octanol–water partition coefficient (Wildman–Crippen LogP) is 2.81. The Kier molecular flexibility index (Phi) is 7.33. The first-order chi connectivity index (χ1) is 13.4. The maximum atomic E-state index is 12.2. The topological polar surface area (TPSA) is 87.7 Å². The van der Waals surface area contributed by atoms with Gasteiger partial charge in [-0.05, 0) is 23.8 Å². The van der Waals surface area contributed by atoms with Gasteiger partial charge in [0.15, 0.2) is 0 Å². The van der Waals surface area contributed by atoms with Gasteiger partial charge in [0, 0.05) is 38.4 Å². The monoisotopic (exact) mass is 381 g/mol. The minimum atomic E-state index is -0.486. The van der Waals surface area contributed by atoms with E-state index in [1.54, 1.807) is 25.2 Å². The molecule has 0 aliphatic rings. The third-order valence-corrected chi connectivity index (χ3v) is 3.79. The van der Waals surface area contributed by atoms with Gasteiger partial charge in [0.05, 0.1) is 12.8 Å². The van der Waals surface area contributed by atoms with E-state index in [0.29, 0.717) is 23.7 Å². The molecule has 0 saturated heterocycles. The number of hydrogen-bond donors (Lipinski definition) is 2. The van der Waals surface area contributed by atoms with Crippen LogP contribution in [0, 0.1) is 0 Å². The van der Waals surface area contributed by atoms with Crippen molar-refractivity contribution < 1.29 is 19.1 Å². The number of nitrogens with zero attached hydrogens (tertiary/aromatic N) is 1. The van der Waals surface area contributed by atoms with Crippen LogP contribution in [0.2, 0.25) is 0 Å². The van der Waals surface area contributed by atoms with E-state index in [4.69, 9.17) is 4.74 Å². The Morgan fingerprint density at radius 1 is 1.04 bits per heavy atom. The molecule has 0 aliphatic carbocycles. The average Bonchev–Trinajstić information content (AvgIpc) is 2.66. The summed E-state index contributed by atoms with van der Waals surface area (Å²) in [6.07, 6.45) is 2.37. The van der Waals surface area contributed by atoms with Crippen molar-refractivity contribution in [3.05, 3.63) is 66.2 Å². The van der Waals surface area contributed by atoms with Crippen molar-refractivity contribution in [2.24, 2.45) is 0 Å². The van der Waals surface area contributed by atoms with E-state index in [-0.39, 0.29) is 11.8 Å². The fourth-order valence-electron chi connectivity index (χ4n) is 2.47. The molecule has 0 fully saturated rings. The van der Waals surface area contributed by atoms with Crippen LogP contribution in [-0.2, 0) is 20.9 Å². The lowest BCUT2D eigenvalue weighted by molar-refractivity contribution is -0.125. The maximum absolute atomic E-state index is 12.2. The molecule has 7 heteroatoms. The maximum Gasteiger partial charge on any atom is 0.248 e. The third-order valence-electron chi connectivity index (χ3n) is 3.79. The van der Waals surface area contributed by atoms with Gasteiger partial charge in [-0.25, -0.2) is 0 Å². The van der Waals surface area contributed by atoms with E-state index in [2.05, 4.69) is 10.6 Å². The molecular formula is C21H23N3O4. The number of hydrogen-bond acceptors (Lipinski definition) is 4. The zero-order valence-electron chi connectivity index (χ0n) is 16.1. The standard InChI is InChI=1S/C21H23N3O4/c1-15(25)22-17-9-10-19(28-3)18(13-17)23-20(26)11-12-21(27)24(2)14-16-7-5-4-6-8-16/h4-13H,14H2,1-3H3,(H,22,25)(H,23,26)/b12-11+. The number of anilines is 2. The van der Waals surface area contributed by atoms with E-state index in [1.165, 1.54) is 25.0 Å². The molecule has 0 heterocycles. The molecule has 146 valence electrons. The number of methoxy groups -OCH3 is 1. The van der Waals surface area contributed by atoms with Gasteiger partial charge in [0.1, 0.15) is 5.75 Å². The quantitative estimate of drug-likeness (QED) is 0.722. The molecule has 7 nitrogen and oxygen atoms in total. The van der Waals surface area contributed by atoms with Crippen molar-refractivity contribution in [2.45, 2.75) is 13.5 Å². The Morgan fingerprint density at radius 3 is 2.39 bits per heavy atom. The van der Waals surface area contributed by atoms with Gasteiger partial charge in [-0.15, -0.1) is 0 Å². The van der Waals surface area contributed by atoms with E-state index in [9.17, 15) is 14.4 Å². The van der Waals surface area contributed by atoms with Crippen molar-refractivity contribution >= 4 is 29.1 Å². The number of benzene rings is 2. The molecule has 0 atom stereocenters. The highest BCUT2D eigenvalue weighted by atomic mass is 16.5. The smallest absolute Gasteiger partial charge is 0.248 e. The van der Waals surface area contributed by atoms with Crippen LogP contribution < -0.4 is 15.4 Å². The number of ether oxygens (including phenoxy) is 1. The molecule has 0 unspecified atom stereocenters. The van der Waals surface area contributed by atoms with Crippen LogP contribution in [0.5, 0.6) is 5.75 Å². The van der Waals surface area contributed by atoms with E-state index in [1.807, 2.05) is 30.3 Å². The van der Waals surface area contributed by atoms with Gasteiger partial charge in [-0.1, -0.05) is 30.3 Å². The number of rotatable bonds is 7. The molecule has 0 bridgehead atoms. The first-order valence-corrected chi connectivity index (χ1v) is 8.62. The van der Waals surface area contributed by atoms with Gasteiger partial charge in [0.25, 0.3) is 0 Å². The van der Waals surface area contributed by atoms with E-state index in [0.717, 1.165) is 11.6 Å². The van der Waals surface area contributed by atoms with Gasteiger partial charge in [-0.3, -0.25) is 14.4 Å². The Bertz CT molecular complexity index is 878. The first-order valence-electron chi connectivity index (χ1n) is 8.62. The number of nitrogens with one attached hydrogen (secondary N) is 2. The summed E-state index contributed by atoms with van der Waals surface area (Å²) < 4.78 is 5.21. The first kappa shape index (κ1) is 20.7. The average molecular weight is 381 g/mol. The summed E-state index contributed by atoms with van der Waals surface area (Å²) in [6, 6.07) is 14.4. The molecule has 0 aliphatic heterocycles. The minimum absolute atomic E-state index is 0.227. The summed E-state index contributed by atoms with van der Waals surface area (Å²) in [5.74, 6) is -0.574. The van der Waals surface area contributed by atoms with Crippen LogP contribution in [0.3, 0.4) is 0 Å². The van der Waals surface area contributed by atoms with Crippen LogP contribution in [0.25, 0.3) is 0 Å². The Morgan fingerprint density at radius 2 is 1.75 bits per heavy atom. The van der Waals surface area contributed by atoms with Crippen molar-refractivity contribution in [1.29, 1.82) is 0 Å². The van der Waals surface area contributed by atoms with Crippen LogP contribution in [0.4, 0.5) is 11.4 Å². The summed E-state index contributed by atoms with van der Waals surface area (Å²) >= 11 is 0. The zero-order valence-corrected chi connectivity index (χ0v) is 16.1. The molecule has 28 heavy (non-hydrogen) atoms. The summed E-state index contributed by atoms with van der Waals surface area (Å²) in [7, 11) is 3.14. The molecule has 0 saturated carbocycles. The van der Waals surface area contributed by atoms with Crippen molar-refractivity contribution in [2.75, 3.05) is 24.8 Å². The number of amides is 3. The predicted molar refractivity (Wildman–Crippen MR) is 108 cm³/mol. The zero-order chi connectivity index (χ0) is 20.5.